The minimum Gasteiger partial charge on any atom is -0.369 e. The SMILES string of the molecule is O=C(NCC1CCCCN1)C1CC(OCC(F)(F)F)CCC1OCC(F)(F)F. The lowest BCUT2D eigenvalue weighted by Gasteiger charge is -2.35. The van der Waals surface area contributed by atoms with Crippen LogP contribution < -0.4 is 10.6 Å². The molecule has 0 aromatic heterocycles. The molecule has 0 aromatic rings. The highest BCUT2D eigenvalue weighted by Crippen LogP contribution is 2.32. The summed E-state index contributed by atoms with van der Waals surface area (Å²) in [6.07, 6.45) is -7.96. The Morgan fingerprint density at radius 2 is 1.64 bits per heavy atom. The van der Waals surface area contributed by atoms with Crippen molar-refractivity contribution in [3.8, 4) is 0 Å². The highest BCUT2D eigenvalue weighted by molar-refractivity contribution is 5.79. The number of piperidine rings is 1. The summed E-state index contributed by atoms with van der Waals surface area (Å²) in [5.41, 5.74) is 0. The van der Waals surface area contributed by atoms with Crippen molar-refractivity contribution in [2.24, 2.45) is 5.92 Å². The van der Waals surface area contributed by atoms with E-state index in [-0.39, 0.29) is 25.3 Å². The van der Waals surface area contributed by atoms with Crippen molar-refractivity contribution in [1.82, 2.24) is 10.6 Å². The van der Waals surface area contributed by atoms with Crippen molar-refractivity contribution in [2.75, 3.05) is 26.3 Å². The standard InChI is InChI=1S/C17H26F6N2O3/c18-16(19,20)9-27-12-4-5-14(28-10-17(21,22)23)13(7-12)15(26)25-8-11-3-1-2-6-24-11/h11-14,24H,1-10H2,(H,25,26). The molecule has 2 fully saturated rings. The van der Waals surface area contributed by atoms with Gasteiger partial charge in [0.2, 0.25) is 5.91 Å². The van der Waals surface area contributed by atoms with Crippen molar-refractivity contribution in [3.05, 3.63) is 0 Å². The number of rotatable bonds is 7. The van der Waals surface area contributed by atoms with Gasteiger partial charge in [0, 0.05) is 12.6 Å². The lowest BCUT2D eigenvalue weighted by Crippen LogP contribution is -2.49. The maximum atomic E-state index is 12.5. The van der Waals surface area contributed by atoms with Crippen LogP contribution in [-0.4, -0.2) is 62.8 Å². The molecule has 4 atom stereocenters. The van der Waals surface area contributed by atoms with Crippen LogP contribution in [0.5, 0.6) is 0 Å². The largest absolute Gasteiger partial charge is 0.411 e. The lowest BCUT2D eigenvalue weighted by atomic mass is 9.83. The Kier molecular flexibility index (Phi) is 8.38. The van der Waals surface area contributed by atoms with Crippen LogP contribution in [0.3, 0.4) is 0 Å². The third-order valence-corrected chi connectivity index (χ3v) is 4.95. The molecular weight excluding hydrogens is 394 g/mol. The number of alkyl halides is 6. The molecule has 164 valence electrons. The van der Waals surface area contributed by atoms with Gasteiger partial charge in [-0.25, -0.2) is 0 Å². The molecule has 1 heterocycles. The third kappa shape index (κ3) is 8.52. The Morgan fingerprint density at radius 3 is 2.25 bits per heavy atom. The average molecular weight is 420 g/mol. The Hall–Kier alpha value is -1.07. The number of carbonyl (C=O) groups excluding carboxylic acids is 1. The molecule has 2 rings (SSSR count). The Balaban J connectivity index is 1.92. The molecule has 1 aliphatic heterocycles. The first-order valence-corrected chi connectivity index (χ1v) is 9.41. The van der Waals surface area contributed by atoms with E-state index in [1.165, 1.54) is 0 Å². The van der Waals surface area contributed by atoms with Crippen molar-refractivity contribution in [3.63, 3.8) is 0 Å². The number of nitrogens with one attached hydrogen (secondary N) is 2. The number of hydrogen-bond donors (Lipinski definition) is 2. The maximum Gasteiger partial charge on any atom is 0.411 e. The van der Waals surface area contributed by atoms with Gasteiger partial charge in [-0.1, -0.05) is 6.42 Å². The molecule has 2 aliphatic rings. The minimum absolute atomic E-state index is 0.0262. The fraction of sp³-hybridized carbons (Fsp3) is 0.941. The van der Waals surface area contributed by atoms with E-state index in [9.17, 15) is 31.1 Å². The molecule has 5 nitrogen and oxygen atoms in total. The zero-order valence-corrected chi connectivity index (χ0v) is 15.4. The van der Waals surface area contributed by atoms with Gasteiger partial charge in [-0.3, -0.25) is 4.79 Å². The van der Waals surface area contributed by atoms with Gasteiger partial charge < -0.3 is 20.1 Å². The van der Waals surface area contributed by atoms with Crippen molar-refractivity contribution in [1.29, 1.82) is 0 Å². The van der Waals surface area contributed by atoms with E-state index in [2.05, 4.69) is 10.6 Å². The predicted octanol–water partition coefficient (Wildman–Crippen LogP) is 2.94. The molecule has 0 radical (unpaired) electrons. The Morgan fingerprint density at radius 1 is 0.964 bits per heavy atom. The van der Waals surface area contributed by atoms with Gasteiger partial charge in [0.1, 0.15) is 13.2 Å². The molecule has 4 unspecified atom stereocenters. The van der Waals surface area contributed by atoms with E-state index >= 15 is 0 Å². The number of ether oxygens (including phenoxy) is 2. The van der Waals surface area contributed by atoms with Gasteiger partial charge in [0.15, 0.2) is 0 Å². The minimum atomic E-state index is -4.54. The van der Waals surface area contributed by atoms with Crippen LogP contribution in [0.2, 0.25) is 0 Å². The van der Waals surface area contributed by atoms with E-state index in [1.807, 2.05) is 0 Å². The van der Waals surface area contributed by atoms with Crippen LogP contribution in [-0.2, 0) is 14.3 Å². The van der Waals surface area contributed by atoms with E-state index in [4.69, 9.17) is 9.47 Å². The molecule has 0 spiro atoms. The Bertz CT molecular complexity index is 494. The van der Waals surface area contributed by atoms with Crippen molar-refractivity contribution < 1.29 is 40.6 Å². The van der Waals surface area contributed by atoms with Crippen LogP contribution in [0.25, 0.3) is 0 Å². The summed E-state index contributed by atoms with van der Waals surface area (Å²) in [6.45, 7) is -1.81. The zero-order chi connectivity index (χ0) is 20.8. The van der Waals surface area contributed by atoms with Crippen LogP contribution in [0, 0.1) is 5.92 Å². The predicted molar refractivity (Wildman–Crippen MR) is 87.6 cm³/mol. The van der Waals surface area contributed by atoms with Gasteiger partial charge in [-0.15, -0.1) is 0 Å². The highest BCUT2D eigenvalue weighted by atomic mass is 19.4. The van der Waals surface area contributed by atoms with E-state index in [0.29, 0.717) is 6.54 Å². The summed E-state index contributed by atoms with van der Waals surface area (Å²) < 4.78 is 84.2. The number of carbonyl (C=O) groups is 1. The first-order chi connectivity index (χ1) is 13.0. The van der Waals surface area contributed by atoms with Crippen LogP contribution in [0.1, 0.15) is 38.5 Å². The van der Waals surface area contributed by atoms with Crippen molar-refractivity contribution in [2.45, 2.75) is 69.1 Å². The van der Waals surface area contributed by atoms with Crippen LogP contribution >= 0.6 is 0 Å². The zero-order valence-electron chi connectivity index (χ0n) is 15.4. The summed E-state index contributed by atoms with van der Waals surface area (Å²) in [5.74, 6) is -1.50. The monoisotopic (exact) mass is 420 g/mol. The van der Waals surface area contributed by atoms with Crippen molar-refractivity contribution >= 4 is 5.91 Å². The average Bonchev–Trinajstić information content (AvgIpc) is 2.62. The molecule has 0 aromatic carbocycles. The van der Waals surface area contributed by atoms with Gasteiger partial charge in [0.05, 0.1) is 18.1 Å². The molecule has 28 heavy (non-hydrogen) atoms. The molecule has 1 saturated carbocycles. The smallest absolute Gasteiger partial charge is 0.369 e. The summed E-state index contributed by atoms with van der Waals surface area (Å²) in [5, 5.41) is 5.94. The van der Waals surface area contributed by atoms with Gasteiger partial charge in [-0.2, -0.15) is 26.3 Å². The summed E-state index contributed by atoms with van der Waals surface area (Å²) in [4.78, 5) is 12.5. The van der Waals surface area contributed by atoms with E-state index in [0.717, 1.165) is 25.8 Å². The number of hydrogen-bond acceptors (Lipinski definition) is 4. The topological polar surface area (TPSA) is 59.6 Å². The second kappa shape index (κ2) is 10.1. The van der Waals surface area contributed by atoms with Gasteiger partial charge >= 0.3 is 12.4 Å². The highest BCUT2D eigenvalue weighted by Gasteiger charge is 2.40. The van der Waals surface area contributed by atoms with Crippen LogP contribution in [0.4, 0.5) is 26.3 Å². The molecular formula is C17H26F6N2O3. The molecule has 11 heteroatoms. The molecule has 0 bridgehead atoms. The molecule has 2 N–H and O–H groups in total. The molecule has 1 saturated heterocycles. The van der Waals surface area contributed by atoms with E-state index < -0.39 is 49.6 Å². The normalized spacial score (nSPS) is 29.5. The third-order valence-electron chi connectivity index (χ3n) is 4.95. The first-order valence-electron chi connectivity index (χ1n) is 9.41. The second-order valence-corrected chi connectivity index (χ2v) is 7.32. The first kappa shape index (κ1) is 23.2. The lowest BCUT2D eigenvalue weighted by molar-refractivity contribution is -0.208. The number of amides is 1. The second-order valence-electron chi connectivity index (χ2n) is 7.32. The summed E-state index contributed by atoms with van der Waals surface area (Å²) in [7, 11) is 0. The summed E-state index contributed by atoms with van der Waals surface area (Å²) in [6, 6.07) is 0.0770. The van der Waals surface area contributed by atoms with Gasteiger partial charge in [-0.05, 0) is 38.6 Å². The Labute approximate surface area is 159 Å². The quantitative estimate of drug-likeness (QED) is 0.622. The van der Waals surface area contributed by atoms with E-state index in [1.54, 1.807) is 0 Å². The maximum absolute atomic E-state index is 12.5. The van der Waals surface area contributed by atoms with Gasteiger partial charge in [0.25, 0.3) is 0 Å². The fourth-order valence-corrected chi connectivity index (χ4v) is 3.60. The molecule has 1 aliphatic carbocycles. The molecule has 1 amide bonds. The number of halogens is 6. The van der Waals surface area contributed by atoms with Crippen LogP contribution in [0.15, 0.2) is 0 Å². The fourth-order valence-electron chi connectivity index (χ4n) is 3.60. The summed E-state index contributed by atoms with van der Waals surface area (Å²) >= 11 is 0.